The molecule has 0 spiro atoms. The Kier molecular flexibility index (Phi) is 3.42. The lowest BCUT2D eigenvalue weighted by molar-refractivity contribution is 0.364. The Morgan fingerprint density at radius 2 is 1.83 bits per heavy atom. The van der Waals surface area contributed by atoms with E-state index in [9.17, 15) is 0 Å². The Morgan fingerprint density at radius 3 is 2.70 bits per heavy atom. The molecule has 116 valence electrons. The molecule has 1 saturated carbocycles. The summed E-state index contributed by atoms with van der Waals surface area (Å²) in [6.07, 6.45) is 7.74. The van der Waals surface area contributed by atoms with Gasteiger partial charge in [0.05, 0.1) is 16.7 Å². The summed E-state index contributed by atoms with van der Waals surface area (Å²) in [6, 6.07) is 12.0. The van der Waals surface area contributed by atoms with Crippen LogP contribution in [0.5, 0.6) is 0 Å². The molecule has 3 aromatic rings. The molecule has 0 amide bonds. The highest BCUT2D eigenvalue weighted by molar-refractivity contribution is 5.80. The summed E-state index contributed by atoms with van der Waals surface area (Å²) in [7, 11) is 0. The van der Waals surface area contributed by atoms with Crippen molar-refractivity contribution in [2.75, 3.05) is 0 Å². The molecule has 2 aromatic heterocycles. The Labute approximate surface area is 134 Å². The van der Waals surface area contributed by atoms with Gasteiger partial charge in [-0.05, 0) is 31.1 Å². The molecule has 5 nitrogen and oxygen atoms in total. The van der Waals surface area contributed by atoms with Crippen LogP contribution < -0.4 is 5.73 Å². The fourth-order valence-electron chi connectivity index (χ4n) is 3.07. The normalized spacial score (nSPS) is 17.3. The van der Waals surface area contributed by atoms with E-state index >= 15 is 0 Å². The first kappa shape index (κ1) is 14.1. The fourth-order valence-corrected chi connectivity index (χ4v) is 3.07. The van der Waals surface area contributed by atoms with Crippen LogP contribution in [-0.4, -0.2) is 15.1 Å². The van der Waals surface area contributed by atoms with Gasteiger partial charge in [-0.3, -0.25) is 0 Å². The number of fused-ring (bicyclic) bond motifs is 1. The second-order valence-corrected chi connectivity index (χ2v) is 6.08. The number of hydrogen-bond acceptors (Lipinski definition) is 5. The standard InChI is InChI=1S/C18H18N4O/c19-18(11-3-4-12-18)17-21-16(23-22-17)10-9-14-8-7-13-5-1-2-6-15(13)20-14/h1-2,5-10H,3-4,11-12,19H2/b10-9+. The summed E-state index contributed by atoms with van der Waals surface area (Å²) >= 11 is 0. The number of benzene rings is 1. The minimum Gasteiger partial charge on any atom is -0.335 e. The van der Waals surface area contributed by atoms with Crippen LogP contribution in [0.3, 0.4) is 0 Å². The van der Waals surface area contributed by atoms with Crippen molar-refractivity contribution in [1.82, 2.24) is 15.1 Å². The number of rotatable bonds is 3. The third-order valence-electron chi connectivity index (χ3n) is 4.40. The minimum atomic E-state index is -0.420. The van der Waals surface area contributed by atoms with Gasteiger partial charge in [-0.1, -0.05) is 42.3 Å². The van der Waals surface area contributed by atoms with Crippen LogP contribution >= 0.6 is 0 Å². The predicted octanol–water partition coefficient (Wildman–Crippen LogP) is 3.52. The minimum absolute atomic E-state index is 0.420. The third kappa shape index (κ3) is 2.75. The van der Waals surface area contributed by atoms with Gasteiger partial charge in [-0.2, -0.15) is 4.98 Å². The van der Waals surface area contributed by atoms with Crippen molar-refractivity contribution in [3.05, 3.63) is 53.8 Å². The summed E-state index contributed by atoms with van der Waals surface area (Å²) in [6.45, 7) is 0. The molecule has 0 radical (unpaired) electrons. The number of hydrogen-bond donors (Lipinski definition) is 1. The van der Waals surface area contributed by atoms with Gasteiger partial charge >= 0.3 is 0 Å². The number of nitrogens with zero attached hydrogens (tertiary/aromatic N) is 3. The number of nitrogens with two attached hydrogens (primary N) is 1. The molecule has 5 heteroatoms. The van der Waals surface area contributed by atoms with Crippen LogP contribution in [0.25, 0.3) is 23.1 Å². The van der Waals surface area contributed by atoms with E-state index in [0.717, 1.165) is 42.3 Å². The van der Waals surface area contributed by atoms with Gasteiger partial charge in [0, 0.05) is 11.5 Å². The van der Waals surface area contributed by atoms with E-state index in [1.807, 2.05) is 36.4 Å². The lowest BCUT2D eigenvalue weighted by atomic mass is 9.99. The summed E-state index contributed by atoms with van der Waals surface area (Å²) in [5, 5.41) is 5.17. The Balaban J connectivity index is 1.57. The first-order valence-electron chi connectivity index (χ1n) is 7.90. The highest BCUT2D eigenvalue weighted by Crippen LogP contribution is 2.34. The van der Waals surface area contributed by atoms with Gasteiger partial charge in [0.25, 0.3) is 5.89 Å². The Bertz CT molecular complexity index is 862. The van der Waals surface area contributed by atoms with Crippen LogP contribution in [0.4, 0.5) is 0 Å². The average Bonchev–Trinajstić information content (AvgIpc) is 3.23. The lowest BCUT2D eigenvalue weighted by Gasteiger charge is -2.17. The average molecular weight is 306 g/mol. The molecular weight excluding hydrogens is 288 g/mol. The zero-order chi connectivity index (χ0) is 15.7. The van der Waals surface area contributed by atoms with Crippen molar-refractivity contribution in [1.29, 1.82) is 0 Å². The van der Waals surface area contributed by atoms with E-state index in [1.165, 1.54) is 0 Å². The molecule has 1 fully saturated rings. The lowest BCUT2D eigenvalue weighted by Crippen LogP contribution is -2.34. The van der Waals surface area contributed by atoms with E-state index in [-0.39, 0.29) is 0 Å². The van der Waals surface area contributed by atoms with Crippen molar-refractivity contribution in [3.8, 4) is 0 Å². The maximum Gasteiger partial charge on any atom is 0.250 e. The van der Waals surface area contributed by atoms with E-state index < -0.39 is 5.54 Å². The smallest absolute Gasteiger partial charge is 0.250 e. The van der Waals surface area contributed by atoms with Gasteiger partial charge in [0.1, 0.15) is 0 Å². The van der Waals surface area contributed by atoms with Gasteiger partial charge in [0.2, 0.25) is 0 Å². The first-order valence-corrected chi connectivity index (χ1v) is 7.90. The molecule has 0 unspecified atom stereocenters. The van der Waals surface area contributed by atoms with Crippen LogP contribution in [0.1, 0.15) is 43.1 Å². The van der Waals surface area contributed by atoms with Crippen molar-refractivity contribution in [3.63, 3.8) is 0 Å². The summed E-state index contributed by atoms with van der Waals surface area (Å²) < 4.78 is 5.30. The van der Waals surface area contributed by atoms with Crippen molar-refractivity contribution in [2.45, 2.75) is 31.2 Å². The molecule has 4 rings (SSSR count). The maximum atomic E-state index is 6.34. The predicted molar refractivity (Wildman–Crippen MR) is 89.3 cm³/mol. The molecule has 1 aliphatic carbocycles. The van der Waals surface area contributed by atoms with E-state index in [2.05, 4.69) is 21.2 Å². The second kappa shape index (κ2) is 5.59. The summed E-state index contributed by atoms with van der Waals surface area (Å²) in [4.78, 5) is 9.01. The molecule has 1 aromatic carbocycles. The molecule has 0 bridgehead atoms. The molecule has 0 aliphatic heterocycles. The number of aromatic nitrogens is 3. The van der Waals surface area contributed by atoms with Crippen LogP contribution in [0, 0.1) is 0 Å². The van der Waals surface area contributed by atoms with E-state index in [1.54, 1.807) is 6.08 Å². The molecule has 0 atom stereocenters. The van der Waals surface area contributed by atoms with E-state index in [0.29, 0.717) is 11.7 Å². The van der Waals surface area contributed by atoms with Crippen LogP contribution in [-0.2, 0) is 5.54 Å². The molecule has 2 N–H and O–H groups in total. The SMILES string of the molecule is NC1(c2noc(/C=C/c3ccc4ccccc4n3)n2)CCCC1. The molecule has 1 aliphatic rings. The highest BCUT2D eigenvalue weighted by atomic mass is 16.5. The molecule has 23 heavy (non-hydrogen) atoms. The van der Waals surface area contributed by atoms with E-state index in [4.69, 9.17) is 10.3 Å². The summed E-state index contributed by atoms with van der Waals surface area (Å²) in [5.74, 6) is 1.08. The Hall–Kier alpha value is -2.53. The Morgan fingerprint density at radius 1 is 1.00 bits per heavy atom. The van der Waals surface area contributed by atoms with Gasteiger partial charge in [-0.15, -0.1) is 0 Å². The first-order chi connectivity index (χ1) is 11.2. The monoisotopic (exact) mass is 306 g/mol. The fraction of sp³-hybridized carbons (Fsp3) is 0.278. The van der Waals surface area contributed by atoms with Gasteiger partial charge in [-0.25, -0.2) is 4.98 Å². The number of para-hydroxylation sites is 1. The largest absolute Gasteiger partial charge is 0.335 e. The van der Waals surface area contributed by atoms with Crippen molar-refractivity contribution in [2.24, 2.45) is 5.73 Å². The third-order valence-corrected chi connectivity index (χ3v) is 4.40. The van der Waals surface area contributed by atoms with Crippen LogP contribution in [0.15, 0.2) is 40.9 Å². The topological polar surface area (TPSA) is 77.8 Å². The molecular formula is C18H18N4O. The summed E-state index contributed by atoms with van der Waals surface area (Å²) in [5.41, 5.74) is 7.74. The molecule has 2 heterocycles. The van der Waals surface area contributed by atoms with Crippen molar-refractivity contribution < 1.29 is 4.52 Å². The number of pyridine rings is 1. The second-order valence-electron chi connectivity index (χ2n) is 6.08. The van der Waals surface area contributed by atoms with Gasteiger partial charge in [0.15, 0.2) is 5.82 Å². The highest BCUT2D eigenvalue weighted by Gasteiger charge is 2.35. The molecule has 0 saturated heterocycles. The zero-order valence-electron chi connectivity index (χ0n) is 12.8. The maximum absolute atomic E-state index is 6.34. The quantitative estimate of drug-likeness (QED) is 0.801. The van der Waals surface area contributed by atoms with Crippen molar-refractivity contribution >= 4 is 23.1 Å². The zero-order valence-corrected chi connectivity index (χ0v) is 12.8. The van der Waals surface area contributed by atoms with Crippen LogP contribution in [0.2, 0.25) is 0 Å². The van der Waals surface area contributed by atoms with Gasteiger partial charge < -0.3 is 10.3 Å².